The second-order valence-electron chi connectivity index (χ2n) is 7.66. The van der Waals surface area contributed by atoms with Crippen LogP contribution in [-0.4, -0.2) is 52.8 Å². The highest BCUT2D eigenvalue weighted by molar-refractivity contribution is 7.21. The van der Waals surface area contributed by atoms with Crippen molar-refractivity contribution >= 4 is 39.1 Å². The highest BCUT2D eigenvalue weighted by Crippen LogP contribution is 2.34. The molecule has 0 radical (unpaired) electrons. The number of nitrogen functional groups attached to an aromatic ring is 1. The van der Waals surface area contributed by atoms with E-state index in [1.807, 2.05) is 12.1 Å². The number of piperazine rings is 1. The Balaban J connectivity index is 1.48. The van der Waals surface area contributed by atoms with Crippen LogP contribution in [0, 0.1) is 5.92 Å². The van der Waals surface area contributed by atoms with Gasteiger partial charge in [-0.15, -0.1) is 11.3 Å². The molecule has 0 atom stereocenters. The first-order chi connectivity index (χ1) is 13.9. The van der Waals surface area contributed by atoms with Crippen LogP contribution >= 0.6 is 11.3 Å². The number of anilines is 1. The number of nitrogens with two attached hydrogens (primary N) is 1. The van der Waals surface area contributed by atoms with E-state index in [-0.39, 0.29) is 11.8 Å². The zero-order valence-corrected chi connectivity index (χ0v) is 17.4. The van der Waals surface area contributed by atoms with E-state index in [2.05, 4.69) is 13.8 Å². The predicted octanol–water partition coefficient (Wildman–Crippen LogP) is 3.27. The van der Waals surface area contributed by atoms with Gasteiger partial charge in [-0.3, -0.25) is 9.59 Å². The molecule has 2 N–H and O–H groups in total. The number of aromatic nitrogens is 1. The summed E-state index contributed by atoms with van der Waals surface area (Å²) in [6, 6.07) is 7.29. The van der Waals surface area contributed by atoms with Crippen molar-refractivity contribution in [3.05, 3.63) is 46.9 Å². The van der Waals surface area contributed by atoms with Crippen LogP contribution in [0.5, 0.6) is 0 Å². The van der Waals surface area contributed by atoms with Gasteiger partial charge in [0.05, 0.1) is 12.0 Å². The molecular weight excluding hydrogens is 388 g/mol. The van der Waals surface area contributed by atoms with Gasteiger partial charge in [0, 0.05) is 37.3 Å². The molecule has 1 aliphatic heterocycles. The van der Waals surface area contributed by atoms with E-state index in [0.29, 0.717) is 48.4 Å². The minimum Gasteiger partial charge on any atom is -0.459 e. The van der Waals surface area contributed by atoms with Crippen LogP contribution in [0.15, 0.2) is 34.9 Å². The molecule has 3 aromatic heterocycles. The van der Waals surface area contributed by atoms with E-state index >= 15 is 0 Å². The number of carbonyl (C=O) groups excluding carboxylic acids is 2. The molecule has 0 aliphatic carbocycles. The summed E-state index contributed by atoms with van der Waals surface area (Å²) >= 11 is 1.35. The van der Waals surface area contributed by atoms with Gasteiger partial charge in [-0.1, -0.05) is 13.8 Å². The van der Waals surface area contributed by atoms with Crippen LogP contribution in [0.3, 0.4) is 0 Å². The smallest absolute Gasteiger partial charge is 0.289 e. The zero-order chi connectivity index (χ0) is 20.5. The van der Waals surface area contributed by atoms with Crippen molar-refractivity contribution in [1.29, 1.82) is 0 Å². The van der Waals surface area contributed by atoms with Crippen LogP contribution in [0.25, 0.3) is 10.2 Å². The molecule has 4 rings (SSSR count). The van der Waals surface area contributed by atoms with E-state index in [1.165, 1.54) is 17.6 Å². The number of fused-ring (bicyclic) bond motifs is 1. The lowest BCUT2D eigenvalue weighted by molar-refractivity contribution is 0.0521. The number of hydrogen-bond acceptors (Lipinski definition) is 6. The standard InChI is InChI=1S/C21H24N4O3S/c1-13(2)12-14-5-6-15-17(22)18(29-19(15)23-14)21(27)25-9-7-24(8-10-25)20(26)16-4-3-11-28-16/h3-6,11,13H,7-10,12,22H2,1-2H3. The normalized spacial score (nSPS) is 14.7. The van der Waals surface area contributed by atoms with Gasteiger partial charge in [-0.05, 0) is 36.6 Å². The lowest BCUT2D eigenvalue weighted by Crippen LogP contribution is -2.50. The average Bonchev–Trinajstić information content (AvgIpc) is 3.35. The van der Waals surface area contributed by atoms with Crippen molar-refractivity contribution in [3.8, 4) is 0 Å². The second-order valence-corrected chi connectivity index (χ2v) is 8.66. The summed E-state index contributed by atoms with van der Waals surface area (Å²) in [4.78, 5) is 34.9. The van der Waals surface area contributed by atoms with E-state index in [1.54, 1.807) is 21.9 Å². The van der Waals surface area contributed by atoms with Gasteiger partial charge in [0.15, 0.2) is 5.76 Å². The van der Waals surface area contributed by atoms with Crippen LogP contribution < -0.4 is 5.73 Å². The summed E-state index contributed by atoms with van der Waals surface area (Å²) < 4.78 is 5.18. The van der Waals surface area contributed by atoms with Crippen LogP contribution in [0.2, 0.25) is 0 Å². The number of pyridine rings is 1. The van der Waals surface area contributed by atoms with Crippen molar-refractivity contribution in [1.82, 2.24) is 14.8 Å². The number of carbonyl (C=O) groups is 2. The Morgan fingerprint density at radius 1 is 1.14 bits per heavy atom. The minimum absolute atomic E-state index is 0.0963. The largest absolute Gasteiger partial charge is 0.459 e. The lowest BCUT2D eigenvalue weighted by Gasteiger charge is -2.34. The van der Waals surface area contributed by atoms with Gasteiger partial charge in [0.2, 0.25) is 0 Å². The Morgan fingerprint density at radius 3 is 2.45 bits per heavy atom. The molecule has 0 aromatic carbocycles. The summed E-state index contributed by atoms with van der Waals surface area (Å²) in [6.07, 6.45) is 2.38. The first kappa shape index (κ1) is 19.4. The fourth-order valence-electron chi connectivity index (χ4n) is 3.54. The van der Waals surface area contributed by atoms with Crippen molar-refractivity contribution in [2.45, 2.75) is 20.3 Å². The number of rotatable bonds is 4. The molecule has 0 unspecified atom stereocenters. The Morgan fingerprint density at radius 2 is 1.83 bits per heavy atom. The summed E-state index contributed by atoms with van der Waals surface area (Å²) in [6.45, 7) is 6.16. The van der Waals surface area contributed by atoms with Crippen molar-refractivity contribution in [3.63, 3.8) is 0 Å². The topological polar surface area (TPSA) is 92.7 Å². The molecule has 1 fully saturated rings. The molecule has 152 valence electrons. The van der Waals surface area contributed by atoms with Gasteiger partial charge in [-0.25, -0.2) is 4.98 Å². The van der Waals surface area contributed by atoms with Gasteiger partial charge in [-0.2, -0.15) is 0 Å². The highest BCUT2D eigenvalue weighted by Gasteiger charge is 2.29. The first-order valence-corrected chi connectivity index (χ1v) is 10.6. The van der Waals surface area contributed by atoms with Gasteiger partial charge >= 0.3 is 0 Å². The second kappa shape index (κ2) is 7.87. The SMILES string of the molecule is CC(C)Cc1ccc2c(N)c(C(=O)N3CCN(C(=O)c4ccco4)CC3)sc2n1. The maximum Gasteiger partial charge on any atom is 0.289 e. The highest BCUT2D eigenvalue weighted by atomic mass is 32.1. The number of amides is 2. The third-order valence-electron chi connectivity index (χ3n) is 5.05. The molecule has 0 spiro atoms. The van der Waals surface area contributed by atoms with E-state index in [4.69, 9.17) is 15.1 Å². The Kier molecular flexibility index (Phi) is 5.27. The maximum absolute atomic E-state index is 13.1. The molecule has 1 aliphatic rings. The molecule has 3 aromatic rings. The fraction of sp³-hybridized carbons (Fsp3) is 0.381. The fourth-order valence-corrected chi connectivity index (χ4v) is 4.62. The minimum atomic E-state index is -0.148. The maximum atomic E-state index is 13.1. The van der Waals surface area contributed by atoms with Gasteiger partial charge in [0.1, 0.15) is 9.71 Å². The molecule has 8 heteroatoms. The number of furan rings is 1. The summed E-state index contributed by atoms with van der Waals surface area (Å²) in [5, 5.41) is 0.831. The van der Waals surface area contributed by atoms with Gasteiger partial charge in [0.25, 0.3) is 11.8 Å². The third kappa shape index (κ3) is 3.85. The predicted molar refractivity (Wildman–Crippen MR) is 113 cm³/mol. The molecule has 0 saturated carbocycles. The van der Waals surface area contributed by atoms with Crippen LogP contribution in [0.4, 0.5) is 5.69 Å². The first-order valence-electron chi connectivity index (χ1n) is 9.74. The monoisotopic (exact) mass is 412 g/mol. The summed E-state index contributed by atoms with van der Waals surface area (Å²) in [5.74, 6) is 0.590. The molecule has 29 heavy (non-hydrogen) atoms. The Bertz CT molecular complexity index is 1030. The van der Waals surface area contributed by atoms with Gasteiger partial charge < -0.3 is 20.0 Å². The number of hydrogen-bond donors (Lipinski definition) is 1. The average molecular weight is 413 g/mol. The van der Waals surface area contributed by atoms with E-state index in [0.717, 1.165) is 22.3 Å². The van der Waals surface area contributed by atoms with E-state index < -0.39 is 0 Å². The quantitative estimate of drug-likeness (QED) is 0.710. The third-order valence-corrected chi connectivity index (χ3v) is 6.15. The summed E-state index contributed by atoms with van der Waals surface area (Å²) in [5.41, 5.74) is 7.79. The molecule has 0 bridgehead atoms. The molecule has 7 nitrogen and oxygen atoms in total. The van der Waals surface area contributed by atoms with Crippen molar-refractivity contribution in [2.75, 3.05) is 31.9 Å². The van der Waals surface area contributed by atoms with Crippen LogP contribution in [0.1, 0.15) is 39.8 Å². The molecule has 2 amide bonds. The van der Waals surface area contributed by atoms with Crippen molar-refractivity contribution in [2.24, 2.45) is 5.92 Å². The lowest BCUT2D eigenvalue weighted by atomic mass is 10.1. The Hall–Kier alpha value is -2.87. The molecule has 4 heterocycles. The molecular formula is C21H24N4O3S. The number of thiophene rings is 1. The number of nitrogens with zero attached hydrogens (tertiary/aromatic N) is 3. The van der Waals surface area contributed by atoms with E-state index in [9.17, 15) is 9.59 Å². The molecule has 1 saturated heterocycles. The van der Waals surface area contributed by atoms with Crippen molar-refractivity contribution < 1.29 is 14.0 Å². The zero-order valence-electron chi connectivity index (χ0n) is 16.6. The Labute approximate surface area is 173 Å². The van der Waals surface area contributed by atoms with Crippen LogP contribution in [-0.2, 0) is 6.42 Å². The summed E-state index contributed by atoms with van der Waals surface area (Å²) in [7, 11) is 0.